The smallest absolute Gasteiger partial charge is 0.417 e. The van der Waals surface area contributed by atoms with Gasteiger partial charge in [0.15, 0.2) is 5.96 Å². The van der Waals surface area contributed by atoms with Crippen LogP contribution in [0.2, 0.25) is 0 Å². The lowest BCUT2D eigenvalue weighted by Gasteiger charge is -2.18. The third-order valence-corrected chi connectivity index (χ3v) is 5.61. The normalized spacial score (nSPS) is 11.7. The molecule has 1 heterocycles. The van der Waals surface area contributed by atoms with Gasteiger partial charge in [-0.25, -0.2) is 0 Å². The number of hydrogen-bond donors (Lipinski definition) is 3. The number of rotatable bonds is 8. The molecule has 0 atom stereocenters. The first-order valence-electron chi connectivity index (χ1n) is 10.8. The van der Waals surface area contributed by atoms with E-state index >= 15 is 0 Å². The summed E-state index contributed by atoms with van der Waals surface area (Å²) < 4.78 is 47.0. The number of carbonyl (C=O) groups excluding carboxylic acids is 1. The van der Waals surface area contributed by atoms with Crippen molar-refractivity contribution in [2.24, 2.45) is 5.73 Å². The number of nitrogens with one attached hydrogen (secondary N) is 2. The highest BCUT2D eigenvalue weighted by atomic mass is 19.4. The molecule has 2 aromatic carbocycles. The number of aromatic nitrogens is 1. The molecule has 0 aliphatic rings. The summed E-state index contributed by atoms with van der Waals surface area (Å²) >= 11 is 0. The van der Waals surface area contributed by atoms with Gasteiger partial charge in [0.25, 0.3) is 5.91 Å². The summed E-state index contributed by atoms with van der Waals surface area (Å²) in [5, 5.41) is 7.20. The summed E-state index contributed by atoms with van der Waals surface area (Å²) in [5.74, 6) is -1.22. The van der Waals surface area contributed by atoms with Crippen LogP contribution in [0.5, 0.6) is 5.75 Å². The SMILES string of the molecule is CCN(CC)Cc1cccc(COc2cc(C(F)(F)F)c3cc(C(=O)N(C)C(=N)N)[nH]c3c2)c1. The molecule has 10 heteroatoms. The number of ether oxygens (including phenoxy) is 1. The van der Waals surface area contributed by atoms with Crippen LogP contribution < -0.4 is 10.5 Å². The first-order chi connectivity index (χ1) is 16.0. The third kappa shape index (κ3) is 5.69. The Bertz CT molecular complexity index is 1190. The minimum Gasteiger partial charge on any atom is -0.489 e. The molecule has 0 spiro atoms. The fraction of sp³-hybridized carbons (Fsp3) is 0.333. The van der Waals surface area contributed by atoms with Crippen LogP contribution in [0, 0.1) is 5.41 Å². The van der Waals surface area contributed by atoms with Crippen LogP contribution in [0.15, 0.2) is 42.5 Å². The number of carbonyl (C=O) groups is 1. The first-order valence-corrected chi connectivity index (χ1v) is 10.8. The molecular formula is C24H28F3N5O2. The summed E-state index contributed by atoms with van der Waals surface area (Å²) in [4.78, 5) is 18.2. The highest BCUT2D eigenvalue weighted by Crippen LogP contribution is 2.38. The molecule has 0 saturated heterocycles. The van der Waals surface area contributed by atoms with Gasteiger partial charge >= 0.3 is 6.18 Å². The molecule has 0 bridgehead atoms. The Morgan fingerprint density at radius 2 is 1.79 bits per heavy atom. The molecule has 7 nitrogen and oxygen atoms in total. The van der Waals surface area contributed by atoms with Gasteiger partial charge in [-0.15, -0.1) is 0 Å². The molecule has 1 amide bonds. The molecule has 3 aromatic rings. The maximum absolute atomic E-state index is 13.8. The summed E-state index contributed by atoms with van der Waals surface area (Å²) in [7, 11) is 1.27. The maximum Gasteiger partial charge on any atom is 0.417 e. The Labute approximate surface area is 195 Å². The van der Waals surface area contributed by atoms with Crippen LogP contribution in [0.3, 0.4) is 0 Å². The highest BCUT2D eigenvalue weighted by molar-refractivity contribution is 6.06. The van der Waals surface area contributed by atoms with E-state index in [-0.39, 0.29) is 29.0 Å². The number of benzene rings is 2. The van der Waals surface area contributed by atoms with Crippen molar-refractivity contribution in [3.8, 4) is 5.75 Å². The molecule has 0 aliphatic heterocycles. The van der Waals surface area contributed by atoms with Gasteiger partial charge in [0.2, 0.25) is 0 Å². The number of nitrogens with two attached hydrogens (primary N) is 1. The predicted octanol–water partition coefficient (Wildman–Crippen LogP) is 4.57. The molecule has 1 aromatic heterocycles. The lowest BCUT2D eigenvalue weighted by atomic mass is 10.1. The third-order valence-electron chi connectivity index (χ3n) is 5.61. The maximum atomic E-state index is 13.8. The molecule has 34 heavy (non-hydrogen) atoms. The average molecular weight is 476 g/mol. The molecule has 4 N–H and O–H groups in total. The Kier molecular flexibility index (Phi) is 7.51. The number of fused-ring (bicyclic) bond motifs is 1. The predicted molar refractivity (Wildman–Crippen MR) is 125 cm³/mol. The molecule has 0 aliphatic carbocycles. The van der Waals surface area contributed by atoms with E-state index in [9.17, 15) is 18.0 Å². The van der Waals surface area contributed by atoms with Gasteiger partial charge in [-0.1, -0.05) is 38.1 Å². The van der Waals surface area contributed by atoms with Crippen molar-refractivity contribution in [1.29, 1.82) is 5.41 Å². The van der Waals surface area contributed by atoms with E-state index in [4.69, 9.17) is 15.9 Å². The number of guanidine groups is 1. The van der Waals surface area contributed by atoms with E-state index in [1.54, 1.807) is 0 Å². The van der Waals surface area contributed by atoms with E-state index in [0.717, 1.165) is 47.8 Å². The Morgan fingerprint density at radius 1 is 1.12 bits per heavy atom. The molecule has 0 radical (unpaired) electrons. The van der Waals surface area contributed by atoms with Crippen molar-refractivity contribution in [3.63, 3.8) is 0 Å². The lowest BCUT2D eigenvalue weighted by Crippen LogP contribution is -2.38. The number of H-pyrrole nitrogens is 1. The van der Waals surface area contributed by atoms with Gasteiger partial charge in [0.1, 0.15) is 18.1 Å². The highest BCUT2D eigenvalue weighted by Gasteiger charge is 2.34. The zero-order chi connectivity index (χ0) is 25.0. The zero-order valence-corrected chi connectivity index (χ0v) is 19.3. The van der Waals surface area contributed by atoms with Crippen LogP contribution in [0.25, 0.3) is 10.9 Å². The number of alkyl halides is 3. The zero-order valence-electron chi connectivity index (χ0n) is 19.3. The number of halogens is 3. The molecule has 3 rings (SSSR count). The van der Waals surface area contributed by atoms with Gasteiger partial charge in [0, 0.05) is 25.0 Å². The summed E-state index contributed by atoms with van der Waals surface area (Å²) in [6, 6.07) is 11.2. The second-order valence-electron chi connectivity index (χ2n) is 7.93. The van der Waals surface area contributed by atoms with Crippen molar-refractivity contribution in [1.82, 2.24) is 14.8 Å². The van der Waals surface area contributed by atoms with Gasteiger partial charge in [0.05, 0.1) is 11.1 Å². The van der Waals surface area contributed by atoms with Gasteiger partial charge in [-0.3, -0.25) is 20.0 Å². The van der Waals surface area contributed by atoms with E-state index in [0.29, 0.717) is 0 Å². The van der Waals surface area contributed by atoms with Crippen LogP contribution in [-0.4, -0.2) is 46.8 Å². The summed E-state index contributed by atoms with van der Waals surface area (Å²) in [6.45, 7) is 6.87. The molecular weight excluding hydrogens is 447 g/mol. The van der Waals surface area contributed by atoms with Crippen LogP contribution in [0.1, 0.15) is 41.0 Å². The van der Waals surface area contributed by atoms with Crippen LogP contribution >= 0.6 is 0 Å². The second kappa shape index (κ2) is 10.2. The standard InChI is InChI=1S/C24H28F3N5O2/c1-4-32(5-2)13-15-7-6-8-16(9-15)14-34-17-10-19(24(25,26)27)18-12-21(30-20(18)11-17)22(33)31(3)23(28)29/h6-12,30H,4-5,13-14H2,1-3H3,(H3,28,29). The Morgan fingerprint density at radius 3 is 2.41 bits per heavy atom. The van der Waals surface area contributed by atoms with Crippen molar-refractivity contribution in [2.75, 3.05) is 20.1 Å². The number of hydrogen-bond acceptors (Lipinski definition) is 4. The van der Waals surface area contributed by atoms with Gasteiger partial charge in [-0.05, 0) is 36.3 Å². The monoisotopic (exact) mass is 475 g/mol. The van der Waals surface area contributed by atoms with Crippen molar-refractivity contribution in [2.45, 2.75) is 33.2 Å². The van der Waals surface area contributed by atoms with Crippen LogP contribution in [-0.2, 0) is 19.3 Å². The fourth-order valence-electron chi connectivity index (χ4n) is 3.62. The Balaban J connectivity index is 1.89. The van der Waals surface area contributed by atoms with Gasteiger partial charge in [-0.2, -0.15) is 13.2 Å². The summed E-state index contributed by atoms with van der Waals surface area (Å²) in [6.07, 6.45) is -4.66. The second-order valence-corrected chi connectivity index (χ2v) is 7.93. The minimum atomic E-state index is -4.66. The first kappa shape index (κ1) is 25.1. The Hall–Kier alpha value is -3.53. The molecule has 0 fully saturated rings. The number of nitrogens with zero attached hydrogens (tertiary/aromatic N) is 2. The van der Waals surface area contributed by atoms with E-state index in [2.05, 4.69) is 23.7 Å². The van der Waals surface area contributed by atoms with Crippen LogP contribution in [0.4, 0.5) is 13.2 Å². The topological polar surface area (TPSA) is 98.4 Å². The van der Waals surface area contributed by atoms with Crippen molar-refractivity contribution in [3.05, 3.63) is 64.8 Å². The minimum absolute atomic E-state index is 0.0229. The van der Waals surface area contributed by atoms with E-state index in [1.807, 2.05) is 24.3 Å². The molecule has 182 valence electrons. The average Bonchev–Trinajstić information content (AvgIpc) is 3.23. The van der Waals surface area contributed by atoms with Gasteiger partial charge < -0.3 is 15.5 Å². The molecule has 0 unspecified atom stereocenters. The largest absolute Gasteiger partial charge is 0.489 e. The summed E-state index contributed by atoms with van der Waals surface area (Å²) in [5.41, 5.74) is 6.31. The van der Waals surface area contributed by atoms with E-state index < -0.39 is 23.6 Å². The quantitative estimate of drug-likeness (QED) is 0.328. The van der Waals surface area contributed by atoms with E-state index in [1.165, 1.54) is 13.1 Å². The van der Waals surface area contributed by atoms with Crippen molar-refractivity contribution >= 4 is 22.8 Å². The van der Waals surface area contributed by atoms with Crippen molar-refractivity contribution < 1.29 is 22.7 Å². The number of aromatic amines is 1. The number of amides is 1. The fourth-order valence-corrected chi connectivity index (χ4v) is 3.62. The lowest BCUT2D eigenvalue weighted by molar-refractivity contribution is -0.136. The molecule has 0 saturated carbocycles.